The van der Waals surface area contributed by atoms with Crippen LogP contribution in [-0.4, -0.2) is 23.2 Å². The van der Waals surface area contributed by atoms with Gasteiger partial charge in [0.1, 0.15) is 17.5 Å². The van der Waals surface area contributed by atoms with E-state index in [1.807, 2.05) is 11.6 Å². The molecule has 1 aromatic heterocycles. The van der Waals surface area contributed by atoms with E-state index in [9.17, 15) is 12.8 Å². The van der Waals surface area contributed by atoms with Crippen molar-refractivity contribution in [3.05, 3.63) is 41.2 Å². The van der Waals surface area contributed by atoms with E-state index in [1.165, 1.54) is 31.5 Å². The average molecular weight is 338 g/mol. The van der Waals surface area contributed by atoms with Crippen LogP contribution in [0, 0.1) is 12.7 Å². The molecule has 0 bridgehead atoms. The van der Waals surface area contributed by atoms with Crippen molar-refractivity contribution in [1.82, 2.24) is 19.5 Å². The summed E-state index contributed by atoms with van der Waals surface area (Å²) in [5, 5.41) is 8.23. The van der Waals surface area contributed by atoms with E-state index in [1.54, 1.807) is 0 Å². The average Bonchev–Trinajstić information content (AvgIpc) is 2.79. The molecule has 0 atom stereocenters. The van der Waals surface area contributed by atoms with Crippen molar-refractivity contribution in [3.63, 3.8) is 0 Å². The molecule has 0 spiro atoms. The van der Waals surface area contributed by atoms with Crippen molar-refractivity contribution in [3.8, 4) is 0 Å². The molecule has 124 valence electrons. The zero-order valence-corrected chi connectivity index (χ0v) is 13.9. The molecule has 8 heteroatoms. The van der Waals surface area contributed by atoms with E-state index in [0.717, 1.165) is 18.7 Å². The van der Waals surface area contributed by atoms with E-state index in [0.29, 0.717) is 11.7 Å². The fraction of sp³-hybridized carbons (Fsp3) is 0.467. The second-order valence-electron chi connectivity index (χ2n) is 5.85. The minimum absolute atomic E-state index is 0.0223. The number of nitrogens with one attached hydrogen (secondary N) is 1. The van der Waals surface area contributed by atoms with Crippen LogP contribution in [0.4, 0.5) is 4.39 Å². The van der Waals surface area contributed by atoms with Gasteiger partial charge in [0.25, 0.3) is 0 Å². The number of nitrogens with zero attached hydrogens (tertiary/aromatic N) is 3. The maximum Gasteiger partial charge on any atom is 0.241 e. The van der Waals surface area contributed by atoms with Crippen LogP contribution >= 0.6 is 0 Å². The third kappa shape index (κ3) is 3.00. The number of rotatable bonds is 5. The predicted octanol–water partition coefficient (Wildman–Crippen LogP) is 2.01. The number of sulfonamides is 1. The van der Waals surface area contributed by atoms with Crippen LogP contribution in [0.25, 0.3) is 0 Å². The standard InChI is InChI=1S/C15H19FN4O2S/c1-10-12(16)7-4-8-13(10)23(21,22)17-9-14-18-19-15(20(14)2)11-5-3-6-11/h4,7-8,11,17H,3,5-6,9H2,1-2H3. The van der Waals surface area contributed by atoms with Gasteiger partial charge in [-0.3, -0.25) is 0 Å². The van der Waals surface area contributed by atoms with Gasteiger partial charge < -0.3 is 4.57 Å². The monoisotopic (exact) mass is 338 g/mol. The Bertz CT molecular complexity index is 828. The highest BCUT2D eigenvalue weighted by Crippen LogP contribution is 2.35. The van der Waals surface area contributed by atoms with Crippen molar-refractivity contribution in [2.24, 2.45) is 7.05 Å². The molecule has 1 heterocycles. The minimum atomic E-state index is -3.80. The van der Waals surface area contributed by atoms with E-state index >= 15 is 0 Å². The topological polar surface area (TPSA) is 76.9 Å². The Morgan fingerprint density at radius 2 is 2.09 bits per heavy atom. The molecule has 1 aromatic carbocycles. The Balaban J connectivity index is 1.77. The lowest BCUT2D eigenvalue weighted by atomic mass is 9.85. The molecule has 6 nitrogen and oxygen atoms in total. The van der Waals surface area contributed by atoms with E-state index in [2.05, 4.69) is 14.9 Å². The summed E-state index contributed by atoms with van der Waals surface area (Å²) >= 11 is 0. The minimum Gasteiger partial charge on any atom is -0.317 e. The van der Waals surface area contributed by atoms with Gasteiger partial charge in [-0.1, -0.05) is 12.5 Å². The predicted molar refractivity (Wildman–Crippen MR) is 82.8 cm³/mol. The van der Waals surface area contributed by atoms with Crippen LogP contribution < -0.4 is 4.72 Å². The maximum absolute atomic E-state index is 13.6. The summed E-state index contributed by atoms with van der Waals surface area (Å²) in [5.41, 5.74) is 0.105. The lowest BCUT2D eigenvalue weighted by molar-refractivity contribution is 0.391. The van der Waals surface area contributed by atoms with Gasteiger partial charge in [0.05, 0.1) is 11.4 Å². The molecular formula is C15H19FN4O2S. The molecule has 0 aliphatic heterocycles. The second-order valence-corrected chi connectivity index (χ2v) is 7.58. The normalized spacial score (nSPS) is 15.6. The summed E-state index contributed by atoms with van der Waals surface area (Å²) in [7, 11) is -1.96. The van der Waals surface area contributed by atoms with Gasteiger partial charge in [-0.05, 0) is 31.9 Å². The Labute approximate surface area is 134 Å². The molecule has 0 saturated heterocycles. The largest absolute Gasteiger partial charge is 0.317 e. The first-order valence-electron chi connectivity index (χ1n) is 7.53. The lowest BCUT2D eigenvalue weighted by Gasteiger charge is -2.24. The fourth-order valence-electron chi connectivity index (χ4n) is 2.67. The zero-order chi connectivity index (χ0) is 16.6. The molecular weight excluding hydrogens is 319 g/mol. The van der Waals surface area contributed by atoms with E-state index in [4.69, 9.17) is 0 Å². The van der Waals surface area contributed by atoms with Crippen molar-refractivity contribution < 1.29 is 12.8 Å². The van der Waals surface area contributed by atoms with Gasteiger partial charge >= 0.3 is 0 Å². The fourth-order valence-corrected chi connectivity index (χ4v) is 3.90. The molecule has 0 radical (unpaired) electrons. The smallest absolute Gasteiger partial charge is 0.241 e. The Kier molecular flexibility index (Phi) is 4.20. The van der Waals surface area contributed by atoms with Gasteiger partial charge in [0, 0.05) is 18.5 Å². The quantitative estimate of drug-likeness (QED) is 0.905. The van der Waals surface area contributed by atoms with Crippen LogP contribution in [-0.2, 0) is 23.6 Å². The summed E-state index contributed by atoms with van der Waals surface area (Å²) in [6.45, 7) is 1.47. The van der Waals surface area contributed by atoms with Gasteiger partial charge in [-0.2, -0.15) is 0 Å². The molecule has 1 aliphatic rings. The maximum atomic E-state index is 13.6. The number of hydrogen-bond acceptors (Lipinski definition) is 4. The van der Waals surface area contributed by atoms with E-state index < -0.39 is 15.8 Å². The summed E-state index contributed by atoms with van der Waals surface area (Å²) in [4.78, 5) is -0.0566. The SMILES string of the molecule is Cc1c(F)cccc1S(=O)(=O)NCc1nnc(C2CCC2)n1C. The highest BCUT2D eigenvalue weighted by atomic mass is 32.2. The van der Waals surface area contributed by atoms with Gasteiger partial charge in [0.15, 0.2) is 0 Å². The summed E-state index contributed by atoms with van der Waals surface area (Å²) in [6, 6.07) is 4.01. The molecule has 1 fully saturated rings. The molecule has 3 rings (SSSR count). The third-order valence-corrected chi connectivity index (χ3v) is 5.94. The number of halogens is 1. The molecule has 0 amide bonds. The molecule has 1 N–H and O–H groups in total. The van der Waals surface area contributed by atoms with Crippen LogP contribution in [0.15, 0.2) is 23.1 Å². The number of hydrogen-bond donors (Lipinski definition) is 1. The molecule has 23 heavy (non-hydrogen) atoms. The number of aromatic nitrogens is 3. The van der Waals surface area contributed by atoms with Crippen LogP contribution in [0.2, 0.25) is 0 Å². The van der Waals surface area contributed by atoms with Crippen molar-refractivity contribution in [2.75, 3.05) is 0 Å². The molecule has 1 saturated carbocycles. The molecule has 2 aromatic rings. The first-order chi connectivity index (χ1) is 10.9. The van der Waals surface area contributed by atoms with Crippen molar-refractivity contribution >= 4 is 10.0 Å². The van der Waals surface area contributed by atoms with Crippen LogP contribution in [0.1, 0.15) is 42.4 Å². The Morgan fingerprint density at radius 3 is 2.74 bits per heavy atom. The zero-order valence-electron chi connectivity index (χ0n) is 13.1. The number of benzene rings is 1. The van der Waals surface area contributed by atoms with E-state index in [-0.39, 0.29) is 17.0 Å². The summed E-state index contributed by atoms with van der Waals surface area (Å²) < 4.78 is 42.6. The first-order valence-corrected chi connectivity index (χ1v) is 9.01. The Morgan fingerprint density at radius 1 is 1.35 bits per heavy atom. The highest BCUT2D eigenvalue weighted by Gasteiger charge is 2.26. The van der Waals surface area contributed by atoms with Crippen molar-refractivity contribution in [1.29, 1.82) is 0 Å². The molecule has 0 unspecified atom stereocenters. The molecule has 1 aliphatic carbocycles. The second kappa shape index (κ2) is 6.01. The van der Waals surface area contributed by atoms with Crippen LogP contribution in [0.3, 0.4) is 0 Å². The summed E-state index contributed by atoms with van der Waals surface area (Å²) in [6.07, 6.45) is 3.39. The Hall–Kier alpha value is -1.80. The van der Waals surface area contributed by atoms with Crippen molar-refractivity contribution in [2.45, 2.75) is 43.5 Å². The summed E-state index contributed by atoms with van der Waals surface area (Å²) in [5.74, 6) is 1.32. The van der Waals surface area contributed by atoms with Gasteiger partial charge in [0.2, 0.25) is 10.0 Å². The first kappa shape index (κ1) is 16.1. The lowest BCUT2D eigenvalue weighted by Crippen LogP contribution is -2.26. The highest BCUT2D eigenvalue weighted by molar-refractivity contribution is 7.89. The van der Waals surface area contributed by atoms with Gasteiger partial charge in [-0.15, -0.1) is 10.2 Å². The van der Waals surface area contributed by atoms with Crippen LogP contribution in [0.5, 0.6) is 0 Å². The third-order valence-electron chi connectivity index (χ3n) is 4.40. The van der Waals surface area contributed by atoms with Gasteiger partial charge in [-0.25, -0.2) is 17.5 Å².